The number of halogens is 1. The van der Waals surface area contributed by atoms with Crippen molar-refractivity contribution >= 4 is 14.3 Å². The monoisotopic (exact) mass is 453 g/mol. The average Bonchev–Trinajstić information content (AvgIpc) is 3.34. The van der Waals surface area contributed by atoms with E-state index in [9.17, 15) is 8.96 Å². The quantitative estimate of drug-likeness (QED) is 0.464. The molecule has 0 saturated carbocycles. The Bertz CT molecular complexity index is 1030. The lowest BCUT2D eigenvalue weighted by molar-refractivity contribution is 0.0979. The zero-order valence-corrected chi connectivity index (χ0v) is 19.4. The van der Waals surface area contributed by atoms with E-state index in [4.69, 9.17) is 0 Å². The fourth-order valence-corrected chi connectivity index (χ4v) is 4.95. The third kappa shape index (κ3) is 5.07. The van der Waals surface area contributed by atoms with Crippen LogP contribution in [-0.4, -0.2) is 52.0 Å². The molecule has 2 heterocycles. The second kappa shape index (κ2) is 9.90. The molecule has 1 fully saturated rings. The van der Waals surface area contributed by atoms with Crippen LogP contribution < -0.4 is 5.32 Å². The van der Waals surface area contributed by atoms with Crippen molar-refractivity contribution in [1.29, 1.82) is 0 Å². The predicted octanol–water partition coefficient (Wildman–Crippen LogP) is 5.11. The highest BCUT2D eigenvalue weighted by atomic mass is 31.1. The van der Waals surface area contributed by atoms with E-state index in [1.54, 1.807) is 12.3 Å². The molecule has 1 aliphatic heterocycles. The molecule has 6 nitrogen and oxygen atoms in total. The van der Waals surface area contributed by atoms with Crippen molar-refractivity contribution < 1.29 is 8.96 Å². The summed E-state index contributed by atoms with van der Waals surface area (Å²) in [5.41, 5.74) is 4.79. The van der Waals surface area contributed by atoms with Crippen molar-refractivity contribution in [1.82, 2.24) is 19.8 Å². The Kier molecular flexibility index (Phi) is 6.99. The molecule has 0 aliphatic carbocycles. The van der Waals surface area contributed by atoms with Gasteiger partial charge in [0.05, 0.1) is 11.7 Å². The lowest BCUT2D eigenvalue weighted by Crippen LogP contribution is -2.55. The zero-order chi connectivity index (χ0) is 22.6. The van der Waals surface area contributed by atoms with Crippen LogP contribution in [0.3, 0.4) is 0 Å². The van der Waals surface area contributed by atoms with Gasteiger partial charge in [-0.3, -0.25) is 9.66 Å². The van der Waals surface area contributed by atoms with E-state index in [1.165, 1.54) is 12.1 Å². The second-order valence-electron chi connectivity index (χ2n) is 8.66. The minimum absolute atomic E-state index is 0.0131. The highest BCUT2D eigenvalue weighted by Gasteiger charge is 2.40. The van der Waals surface area contributed by atoms with E-state index in [1.807, 2.05) is 17.8 Å². The number of likely N-dealkylation sites (tertiary alicyclic amines) is 1. The van der Waals surface area contributed by atoms with Crippen molar-refractivity contribution in [3.8, 4) is 11.1 Å². The van der Waals surface area contributed by atoms with E-state index in [-0.39, 0.29) is 20.0 Å². The van der Waals surface area contributed by atoms with Crippen molar-refractivity contribution in [2.75, 3.05) is 32.0 Å². The molecule has 0 bridgehead atoms. The summed E-state index contributed by atoms with van der Waals surface area (Å²) in [6.45, 7) is 4.98. The number of hydrogen-bond acceptors (Lipinski definition) is 4. The normalized spacial score (nSPS) is 16.5. The molecule has 32 heavy (non-hydrogen) atoms. The third-order valence-corrected chi connectivity index (χ3v) is 7.29. The van der Waals surface area contributed by atoms with Crippen LogP contribution in [0.25, 0.3) is 11.1 Å². The Morgan fingerprint density at radius 3 is 2.56 bits per heavy atom. The van der Waals surface area contributed by atoms with Gasteiger partial charge in [0.1, 0.15) is 5.82 Å². The molecule has 4 rings (SSSR count). The summed E-state index contributed by atoms with van der Waals surface area (Å²) in [5.74, 6) is -0.244. The molecule has 0 spiro atoms. The summed E-state index contributed by atoms with van der Waals surface area (Å²) in [5, 5.41) is 10.4. The summed E-state index contributed by atoms with van der Waals surface area (Å²) in [6, 6.07) is 13.1. The fourth-order valence-electron chi connectivity index (χ4n) is 4.30. The van der Waals surface area contributed by atoms with Crippen molar-refractivity contribution in [2.24, 2.45) is 0 Å². The van der Waals surface area contributed by atoms with Crippen LogP contribution in [0.5, 0.6) is 0 Å². The highest BCUT2D eigenvalue weighted by Crippen LogP contribution is 2.35. The Morgan fingerprint density at radius 2 is 1.94 bits per heavy atom. The first-order chi connectivity index (χ1) is 15.5. The van der Waals surface area contributed by atoms with Crippen LogP contribution in [0.2, 0.25) is 0 Å². The third-order valence-electron chi connectivity index (χ3n) is 6.53. The number of piperidine rings is 1. The summed E-state index contributed by atoms with van der Waals surface area (Å²) in [6.07, 6.45) is 5.48. The maximum Gasteiger partial charge on any atom is 0.249 e. The Labute approximate surface area is 190 Å². The van der Waals surface area contributed by atoms with E-state index in [0.29, 0.717) is 13.1 Å². The van der Waals surface area contributed by atoms with Crippen molar-refractivity contribution in [3.63, 3.8) is 0 Å². The molecule has 1 aliphatic rings. The molecule has 168 valence electrons. The number of nitrogens with one attached hydrogen (secondary N) is 2. The molecule has 8 heteroatoms. The van der Waals surface area contributed by atoms with Gasteiger partial charge in [-0.1, -0.05) is 18.2 Å². The summed E-state index contributed by atoms with van der Waals surface area (Å²) < 4.78 is 27.9. The van der Waals surface area contributed by atoms with Gasteiger partial charge in [-0.2, -0.15) is 5.10 Å². The first-order valence-corrected chi connectivity index (χ1v) is 11.6. The molecule has 0 radical (unpaired) electrons. The number of rotatable bonds is 8. The lowest BCUT2D eigenvalue weighted by atomic mass is 9.86. The van der Waals surface area contributed by atoms with Crippen LogP contribution in [0.15, 0.2) is 54.9 Å². The number of aromatic nitrogens is 2. The molecule has 0 amide bonds. The van der Waals surface area contributed by atoms with Crippen LogP contribution in [0, 0.1) is 12.7 Å². The van der Waals surface area contributed by atoms with E-state index in [0.717, 1.165) is 53.9 Å². The zero-order valence-electron chi connectivity index (χ0n) is 18.5. The maximum atomic E-state index is 13.6. The number of hydrogen-bond donors (Lipinski definition) is 2. The average molecular weight is 454 g/mol. The van der Waals surface area contributed by atoms with Gasteiger partial charge in [0, 0.05) is 30.5 Å². The summed E-state index contributed by atoms with van der Waals surface area (Å²) in [4.78, 5) is 2.31. The number of anilines is 1. The van der Waals surface area contributed by atoms with E-state index < -0.39 is 0 Å². The summed E-state index contributed by atoms with van der Waals surface area (Å²) >= 11 is 0. The minimum atomic E-state index is -0.264. The number of benzene rings is 2. The van der Waals surface area contributed by atoms with Crippen LogP contribution in [0.4, 0.5) is 10.1 Å². The van der Waals surface area contributed by atoms with Gasteiger partial charge in [0.15, 0.2) is 0 Å². The molecular formula is C24H29FN5OP. The highest BCUT2D eigenvalue weighted by molar-refractivity contribution is 7.20. The molecule has 2 N–H and O–H groups in total. The second-order valence-corrected chi connectivity index (χ2v) is 9.30. The summed E-state index contributed by atoms with van der Waals surface area (Å²) in [7, 11) is 2.11. The molecule has 3 aromatic rings. The molecule has 0 atom stereocenters. The molecule has 1 saturated heterocycles. The Morgan fingerprint density at radius 1 is 1.19 bits per heavy atom. The molecule has 2 aromatic carbocycles. The van der Waals surface area contributed by atoms with Crippen LogP contribution >= 0.6 is 8.61 Å². The van der Waals surface area contributed by atoms with Gasteiger partial charge < -0.3 is 10.2 Å². The van der Waals surface area contributed by atoms with Gasteiger partial charge in [0.25, 0.3) is 0 Å². The number of aryl methyl sites for hydroxylation is 1. The van der Waals surface area contributed by atoms with Crippen LogP contribution in [-0.2, 0) is 11.1 Å². The SMILES string of the molecule is Cc1cc(F)ccc1CN(P=O)C1(CNc2ccc(-c3cn[nH]c3)cc2)CCN(C)CC1. The van der Waals surface area contributed by atoms with Gasteiger partial charge in [0.2, 0.25) is 8.61 Å². The Balaban J connectivity index is 1.52. The van der Waals surface area contributed by atoms with E-state index in [2.05, 4.69) is 51.7 Å². The standard InChI is InChI=1S/C24H29FN5OP/c1-18-13-22(25)6-3-20(18)16-30(32-31)24(9-11-29(2)12-10-24)17-26-23-7-4-19(5-8-23)21-14-27-28-15-21/h3-8,13-15,26H,9-12,16-17H2,1-2H3,(H,27,28). The maximum absolute atomic E-state index is 13.6. The smallest absolute Gasteiger partial charge is 0.249 e. The van der Waals surface area contributed by atoms with Gasteiger partial charge in [-0.25, -0.2) is 9.06 Å². The van der Waals surface area contributed by atoms with Gasteiger partial charge >= 0.3 is 0 Å². The lowest BCUT2D eigenvalue weighted by Gasteiger charge is -2.45. The van der Waals surface area contributed by atoms with Gasteiger partial charge in [-0.15, -0.1) is 0 Å². The van der Waals surface area contributed by atoms with E-state index >= 15 is 0 Å². The predicted molar refractivity (Wildman–Crippen MR) is 126 cm³/mol. The number of aromatic amines is 1. The fraction of sp³-hybridized carbons (Fsp3) is 0.375. The van der Waals surface area contributed by atoms with Crippen molar-refractivity contribution in [3.05, 3.63) is 71.8 Å². The van der Waals surface area contributed by atoms with Gasteiger partial charge in [-0.05, 0) is 80.9 Å². The Hall–Kier alpha value is -2.60. The topological polar surface area (TPSA) is 64.3 Å². The first kappa shape index (κ1) is 22.6. The first-order valence-electron chi connectivity index (χ1n) is 10.9. The minimum Gasteiger partial charge on any atom is -0.383 e. The molecule has 1 aromatic heterocycles. The molecule has 0 unspecified atom stereocenters. The number of nitrogens with zero attached hydrogens (tertiary/aromatic N) is 3. The van der Waals surface area contributed by atoms with Crippen LogP contribution in [0.1, 0.15) is 24.0 Å². The number of H-pyrrole nitrogens is 1. The molecular weight excluding hydrogens is 424 g/mol. The largest absolute Gasteiger partial charge is 0.383 e. The van der Waals surface area contributed by atoms with Crippen molar-refractivity contribution in [2.45, 2.75) is 31.8 Å².